The van der Waals surface area contributed by atoms with Crippen molar-refractivity contribution in [3.63, 3.8) is 0 Å². The molecule has 1 N–H and O–H groups in total. The van der Waals surface area contributed by atoms with E-state index >= 15 is 0 Å². The highest BCUT2D eigenvalue weighted by atomic mass is 17.0. The van der Waals surface area contributed by atoms with Crippen molar-refractivity contribution in [3.05, 3.63) is 69.8 Å². The number of nitrogens with one attached hydrogen (secondary N) is 1. The summed E-state index contributed by atoms with van der Waals surface area (Å²) in [5.41, 5.74) is 1.44. The third kappa shape index (κ3) is 12.0. The number of likely N-dealkylation sites (N-methyl/N-ethyl adjacent to an activating group) is 1. The first-order valence-electron chi connectivity index (χ1n) is 14.7. The van der Waals surface area contributed by atoms with Gasteiger partial charge in [-0.3, -0.25) is 4.79 Å². The van der Waals surface area contributed by atoms with Crippen LogP contribution < -0.4 is 14.8 Å². The van der Waals surface area contributed by atoms with Gasteiger partial charge >= 0.3 is 0 Å². The lowest BCUT2D eigenvalue weighted by molar-refractivity contribution is -0.768. The summed E-state index contributed by atoms with van der Waals surface area (Å²) in [6.07, 6.45) is 6.72. The molecule has 0 radical (unpaired) electrons. The van der Waals surface area contributed by atoms with E-state index in [0.717, 1.165) is 74.9 Å². The fraction of sp³-hybridized carbons (Fsp3) is 0.562. The van der Waals surface area contributed by atoms with Crippen LogP contribution in [0.3, 0.4) is 0 Å². The zero-order valence-corrected chi connectivity index (χ0v) is 25.5. The molecule has 0 aromatic heterocycles. The summed E-state index contributed by atoms with van der Waals surface area (Å²) in [6.45, 7) is 5.03. The molecule has 2 atom stereocenters. The summed E-state index contributed by atoms with van der Waals surface area (Å²) < 4.78 is 11.3. The van der Waals surface area contributed by atoms with E-state index < -0.39 is 16.6 Å². The van der Waals surface area contributed by atoms with E-state index in [4.69, 9.17) is 9.47 Å². The minimum absolute atomic E-state index is 0.0280. The van der Waals surface area contributed by atoms with Crippen molar-refractivity contribution in [2.24, 2.45) is 0 Å². The average Bonchev–Trinajstić information content (AvgIpc) is 2.98. The monoisotopic (exact) mass is 582 g/mol. The minimum atomic E-state index is -0.924. The molecule has 0 fully saturated rings. The Bertz CT molecular complexity index is 1150. The Kier molecular flexibility index (Phi) is 15.2. The first-order chi connectivity index (χ1) is 20.2. The van der Waals surface area contributed by atoms with E-state index in [2.05, 4.69) is 35.1 Å². The molecule has 42 heavy (non-hydrogen) atoms. The molecule has 2 unspecified atom stereocenters. The van der Waals surface area contributed by atoms with E-state index in [9.17, 15) is 20.2 Å². The van der Waals surface area contributed by atoms with Crippen molar-refractivity contribution < 1.29 is 24.2 Å². The van der Waals surface area contributed by atoms with Crippen molar-refractivity contribution >= 4 is 5.91 Å². The van der Waals surface area contributed by atoms with Gasteiger partial charge in [0.2, 0.25) is 5.91 Å². The molecule has 0 aliphatic heterocycles. The summed E-state index contributed by atoms with van der Waals surface area (Å²) in [4.78, 5) is 29.0. The van der Waals surface area contributed by atoms with Crippen LogP contribution in [0.15, 0.2) is 48.5 Å². The summed E-state index contributed by atoms with van der Waals surface area (Å²) in [5.74, 6) is 1.09. The second-order valence-corrected chi connectivity index (χ2v) is 10.7. The molecule has 0 aliphatic carbocycles. The average molecular weight is 583 g/mol. The number of benzene rings is 2. The van der Waals surface area contributed by atoms with Gasteiger partial charge in [0.15, 0.2) is 6.10 Å². The summed E-state index contributed by atoms with van der Waals surface area (Å²) in [6, 6.07) is 18.2. The maximum Gasteiger partial charge on any atom is 0.294 e. The Morgan fingerprint density at radius 3 is 2.57 bits per heavy atom. The molecule has 1 amide bonds. The van der Waals surface area contributed by atoms with Crippen molar-refractivity contribution in [1.82, 2.24) is 10.2 Å². The number of hydrogen-bond donors (Lipinski definition) is 1. The number of unbranched alkanes of at least 4 members (excludes halogenated alkanes) is 3. The standard InChI is InChI=1S/C32H46N4O6/c1-5-6-7-10-18-32(25-33,28-14-11-15-29(22-28)40-4)19-12-20-35(3)21-17-27-13-8-9-16-31(27)41-24-30(42-36(38)39)23-34-26(2)37/h8-9,11,13-16,22,30H,5-7,10,12,17-21,23-24H2,1-4H3,(H,34,37). The van der Waals surface area contributed by atoms with E-state index in [0.29, 0.717) is 5.75 Å². The van der Waals surface area contributed by atoms with Gasteiger partial charge in [0, 0.05) is 20.0 Å². The Hall–Kier alpha value is -3.84. The molecule has 0 saturated heterocycles. The lowest BCUT2D eigenvalue weighted by Crippen LogP contribution is -2.37. The third-order valence-corrected chi connectivity index (χ3v) is 7.41. The molecule has 2 aromatic carbocycles. The highest BCUT2D eigenvalue weighted by Gasteiger charge is 2.32. The van der Waals surface area contributed by atoms with Crippen LogP contribution in [0.2, 0.25) is 0 Å². The fourth-order valence-corrected chi connectivity index (χ4v) is 4.98. The Morgan fingerprint density at radius 1 is 1.12 bits per heavy atom. The van der Waals surface area contributed by atoms with Crippen LogP contribution in [-0.4, -0.2) is 62.4 Å². The summed E-state index contributed by atoms with van der Waals surface area (Å²) in [7, 11) is 3.72. The lowest BCUT2D eigenvalue weighted by atomic mass is 9.74. The molecule has 230 valence electrons. The number of nitrogens with zero attached hydrogens (tertiary/aromatic N) is 3. The van der Waals surface area contributed by atoms with E-state index in [1.165, 1.54) is 13.3 Å². The molecule has 10 heteroatoms. The quantitative estimate of drug-likeness (QED) is 0.117. The van der Waals surface area contributed by atoms with Gasteiger partial charge in [-0.25, -0.2) is 0 Å². The van der Waals surface area contributed by atoms with Gasteiger partial charge in [0.25, 0.3) is 5.09 Å². The fourth-order valence-electron chi connectivity index (χ4n) is 4.98. The van der Waals surface area contributed by atoms with Gasteiger partial charge in [-0.2, -0.15) is 5.26 Å². The van der Waals surface area contributed by atoms with Crippen LogP contribution in [0.1, 0.15) is 69.9 Å². The number of amides is 1. The second-order valence-electron chi connectivity index (χ2n) is 10.7. The maximum atomic E-state index is 11.2. The molecule has 0 bridgehead atoms. The minimum Gasteiger partial charge on any atom is -0.497 e. The van der Waals surface area contributed by atoms with Crippen molar-refractivity contribution in [2.75, 3.05) is 40.4 Å². The topological polar surface area (TPSA) is 127 Å². The number of nitriles is 1. The SMILES string of the molecule is CCCCCCC(C#N)(CCCN(C)CCc1ccccc1OCC(CNC(C)=O)O[N+](=O)[O-])c1cccc(OC)c1. The van der Waals surface area contributed by atoms with Crippen molar-refractivity contribution in [3.8, 4) is 17.6 Å². The number of methoxy groups -OCH3 is 1. The second kappa shape index (κ2) is 18.6. The molecule has 2 aromatic rings. The van der Waals surface area contributed by atoms with Crippen LogP contribution in [0, 0.1) is 21.4 Å². The lowest BCUT2D eigenvalue weighted by Gasteiger charge is -2.29. The molecular weight excluding hydrogens is 536 g/mol. The normalized spacial score (nSPS) is 13.0. The smallest absolute Gasteiger partial charge is 0.294 e. The number of carbonyl (C=O) groups is 1. The number of rotatable bonds is 21. The van der Waals surface area contributed by atoms with Crippen LogP contribution in [0.4, 0.5) is 0 Å². The van der Waals surface area contributed by atoms with Gasteiger partial charge in [0.05, 0.1) is 18.6 Å². The molecule has 10 nitrogen and oxygen atoms in total. The predicted octanol–water partition coefficient (Wildman–Crippen LogP) is 5.47. The van der Waals surface area contributed by atoms with Crippen LogP contribution in [0.25, 0.3) is 0 Å². The zero-order chi connectivity index (χ0) is 30.8. The van der Waals surface area contributed by atoms with Crippen LogP contribution in [0.5, 0.6) is 11.5 Å². The predicted molar refractivity (Wildman–Crippen MR) is 162 cm³/mol. The molecule has 0 spiro atoms. The van der Waals surface area contributed by atoms with Crippen molar-refractivity contribution in [1.29, 1.82) is 5.26 Å². The third-order valence-electron chi connectivity index (χ3n) is 7.41. The number of carbonyl (C=O) groups excluding carboxylic acids is 1. The van der Waals surface area contributed by atoms with Crippen LogP contribution in [-0.2, 0) is 21.5 Å². The van der Waals surface area contributed by atoms with Gasteiger partial charge in [0.1, 0.15) is 18.1 Å². The Morgan fingerprint density at radius 2 is 1.88 bits per heavy atom. The molecule has 0 heterocycles. The molecular formula is C32H46N4O6. The van der Waals surface area contributed by atoms with Crippen molar-refractivity contribution in [2.45, 2.75) is 76.7 Å². The van der Waals surface area contributed by atoms with Crippen LogP contribution >= 0.6 is 0 Å². The molecule has 0 aliphatic rings. The Labute approximate surface area is 250 Å². The largest absolute Gasteiger partial charge is 0.497 e. The van der Waals surface area contributed by atoms with Gasteiger partial charge in [-0.05, 0) is 68.6 Å². The van der Waals surface area contributed by atoms with Gasteiger partial charge in [-0.1, -0.05) is 62.9 Å². The molecule has 0 saturated carbocycles. The maximum absolute atomic E-state index is 11.2. The number of para-hydroxylation sites is 1. The number of hydrogen-bond acceptors (Lipinski definition) is 8. The highest BCUT2D eigenvalue weighted by molar-refractivity contribution is 5.72. The zero-order valence-electron chi connectivity index (χ0n) is 25.5. The van der Waals surface area contributed by atoms with E-state index in [1.54, 1.807) is 7.11 Å². The first kappa shape index (κ1) is 34.4. The number of ether oxygens (including phenoxy) is 2. The molecule has 2 rings (SSSR count). The summed E-state index contributed by atoms with van der Waals surface area (Å²) >= 11 is 0. The van der Waals surface area contributed by atoms with E-state index in [-0.39, 0.29) is 19.1 Å². The van der Waals surface area contributed by atoms with Gasteiger partial charge < -0.3 is 24.5 Å². The first-order valence-corrected chi connectivity index (χ1v) is 14.7. The summed E-state index contributed by atoms with van der Waals surface area (Å²) in [5, 5.41) is 22.9. The Balaban J connectivity index is 1.98. The van der Waals surface area contributed by atoms with E-state index in [1.807, 2.05) is 48.5 Å². The van der Waals surface area contributed by atoms with Gasteiger partial charge in [-0.15, -0.1) is 10.1 Å². The highest BCUT2D eigenvalue weighted by Crippen LogP contribution is 2.36.